The fraction of sp³-hybridized carbons (Fsp3) is 0.524. The van der Waals surface area contributed by atoms with E-state index in [1.807, 2.05) is 0 Å². The molecule has 4 aromatic heterocycles. The average Bonchev–Trinajstić information content (AvgIpc) is 3.75. The van der Waals surface area contributed by atoms with Gasteiger partial charge in [0.25, 0.3) is 11.5 Å². The van der Waals surface area contributed by atoms with E-state index in [1.54, 1.807) is 0 Å². The zero-order valence-electron chi connectivity index (χ0n) is 23.4. The lowest BCUT2D eigenvalue weighted by Crippen LogP contribution is -2.47. The van der Waals surface area contributed by atoms with Crippen LogP contribution in [-0.2, 0) is 41.4 Å². The van der Waals surface area contributed by atoms with Crippen molar-refractivity contribution in [3.63, 3.8) is 0 Å². The second kappa shape index (κ2) is 11.4. The predicted octanol–water partition coefficient (Wildman–Crippen LogP) is -2.27. The first-order chi connectivity index (χ1) is 21.9. The van der Waals surface area contributed by atoms with Crippen LogP contribution < -0.4 is 21.6 Å². The lowest BCUT2D eigenvalue weighted by Gasteiger charge is -2.25. The Morgan fingerprint density at radius 3 is 2.52 bits per heavy atom. The Kier molecular flexibility index (Phi) is 7.70. The molecule has 25 heteroatoms. The lowest BCUT2D eigenvalue weighted by atomic mass is 10.1. The normalized spacial score (nSPS) is 37.1. The van der Waals surface area contributed by atoms with E-state index in [-0.39, 0.29) is 34.1 Å². The van der Waals surface area contributed by atoms with Crippen LogP contribution in [0.15, 0.2) is 23.8 Å². The fourth-order valence-corrected chi connectivity index (χ4v) is 7.51. The number of nitrogens with one attached hydrogen (secondary N) is 2. The number of rotatable bonds is 3. The van der Waals surface area contributed by atoms with Gasteiger partial charge < -0.3 is 40.6 Å². The molecule has 3 saturated heterocycles. The van der Waals surface area contributed by atoms with Crippen molar-refractivity contribution in [3.8, 4) is 0 Å². The molecule has 0 saturated carbocycles. The zero-order valence-corrected chi connectivity index (χ0v) is 25.2. The molecule has 23 nitrogen and oxygen atoms in total. The number of anilines is 2. The summed E-state index contributed by atoms with van der Waals surface area (Å²) in [5.41, 5.74) is 11.3. The van der Waals surface area contributed by atoms with Crippen LogP contribution in [0.25, 0.3) is 22.3 Å². The topological polar surface area (TPSA) is 320 Å². The van der Waals surface area contributed by atoms with E-state index >= 15 is 0 Å². The Morgan fingerprint density at radius 1 is 1.07 bits per heavy atom. The van der Waals surface area contributed by atoms with Gasteiger partial charge in [-0.05, 0) is 0 Å². The number of ether oxygens (including phenoxy) is 3. The summed E-state index contributed by atoms with van der Waals surface area (Å²) in [6.45, 7) is -1.46. The van der Waals surface area contributed by atoms with E-state index in [9.17, 15) is 28.8 Å². The molecule has 0 spiro atoms. The smallest absolute Gasteiger partial charge is 0.386 e. The Bertz CT molecular complexity index is 1950. The number of hydrogen-bond donors (Lipinski definition) is 7. The fourth-order valence-electron chi connectivity index (χ4n) is 5.62. The quantitative estimate of drug-likeness (QED) is 0.0880. The van der Waals surface area contributed by atoms with Crippen LogP contribution in [0.3, 0.4) is 0 Å². The van der Waals surface area contributed by atoms with Crippen molar-refractivity contribution in [2.24, 2.45) is 0 Å². The average molecular weight is 689 g/mol. The van der Waals surface area contributed by atoms with Crippen molar-refractivity contribution in [3.05, 3.63) is 29.3 Å². The SMILES string of the molecule is COC1C2COP(=O)(O)OC3C(COP(=O)(O)OC1C([n+]1c[nH]c4c(=O)[nH]c(N)nc41)O2)OC(n1cnc2c(N)ncnc21)C3O. The van der Waals surface area contributed by atoms with Crippen molar-refractivity contribution in [1.29, 1.82) is 0 Å². The zero-order chi connectivity index (χ0) is 32.5. The number of nitrogen functional groups attached to an aromatic ring is 2. The summed E-state index contributed by atoms with van der Waals surface area (Å²) >= 11 is 0. The van der Waals surface area contributed by atoms with Gasteiger partial charge >= 0.3 is 21.3 Å². The molecule has 10 unspecified atom stereocenters. The number of phosphoric ester groups is 2. The van der Waals surface area contributed by atoms with Crippen LogP contribution >= 0.6 is 15.6 Å². The summed E-state index contributed by atoms with van der Waals surface area (Å²) in [5, 5.41) is 11.2. The van der Waals surface area contributed by atoms with Gasteiger partial charge in [-0.3, -0.25) is 37.4 Å². The van der Waals surface area contributed by atoms with Crippen molar-refractivity contribution in [2.45, 2.75) is 49.1 Å². The molecule has 7 heterocycles. The van der Waals surface area contributed by atoms with Crippen LogP contribution in [0.2, 0.25) is 0 Å². The Hall–Kier alpha value is -3.44. The second-order valence-electron chi connectivity index (χ2n) is 10.4. The minimum atomic E-state index is -5.04. The molecule has 9 N–H and O–H groups in total. The number of methoxy groups -OCH3 is 1. The number of aromatic nitrogens is 8. The number of aliphatic hydroxyl groups is 1. The number of phosphoric acid groups is 2. The predicted molar refractivity (Wildman–Crippen MR) is 147 cm³/mol. The largest absolute Gasteiger partial charge is 0.472 e. The lowest BCUT2D eigenvalue weighted by molar-refractivity contribution is -0.744. The maximum absolute atomic E-state index is 13.4. The van der Waals surface area contributed by atoms with Crippen molar-refractivity contribution < 1.29 is 60.9 Å². The summed E-state index contributed by atoms with van der Waals surface area (Å²) in [7, 11) is -8.81. The third kappa shape index (κ3) is 5.39. The molecule has 3 aliphatic heterocycles. The summed E-state index contributed by atoms with van der Waals surface area (Å²) < 4.78 is 67.9. The van der Waals surface area contributed by atoms with E-state index in [2.05, 4.69) is 29.9 Å². The highest BCUT2D eigenvalue weighted by molar-refractivity contribution is 7.47. The van der Waals surface area contributed by atoms with Crippen LogP contribution in [0, 0.1) is 0 Å². The maximum atomic E-state index is 13.4. The summed E-state index contributed by atoms with van der Waals surface area (Å²) in [6, 6.07) is 0. The monoisotopic (exact) mass is 689 g/mol. The highest BCUT2D eigenvalue weighted by Crippen LogP contribution is 2.53. The maximum Gasteiger partial charge on any atom is 0.472 e. The van der Waals surface area contributed by atoms with Gasteiger partial charge in [0.15, 0.2) is 30.1 Å². The molecule has 2 bridgehead atoms. The van der Waals surface area contributed by atoms with Crippen LogP contribution in [0.4, 0.5) is 11.8 Å². The minimum absolute atomic E-state index is 0.00586. The Balaban J connectivity index is 1.22. The summed E-state index contributed by atoms with van der Waals surface area (Å²) in [5.74, 6) is -0.182. The molecular weight excluding hydrogens is 662 g/mol. The van der Waals surface area contributed by atoms with Crippen LogP contribution in [0.1, 0.15) is 12.5 Å². The number of H-pyrrole nitrogens is 2. The molecule has 10 atom stereocenters. The molecule has 0 amide bonds. The second-order valence-corrected chi connectivity index (χ2v) is 13.2. The first kappa shape index (κ1) is 31.2. The third-order valence-corrected chi connectivity index (χ3v) is 9.60. The summed E-state index contributed by atoms with van der Waals surface area (Å²) in [6.07, 6.45) is -7.63. The molecule has 3 aliphatic rings. The van der Waals surface area contributed by atoms with E-state index < -0.39 is 83.5 Å². The molecule has 7 rings (SSSR count). The van der Waals surface area contributed by atoms with E-state index in [1.165, 1.54) is 28.9 Å². The Labute approximate surface area is 255 Å². The van der Waals surface area contributed by atoms with Gasteiger partial charge in [-0.15, -0.1) is 0 Å². The van der Waals surface area contributed by atoms with E-state index in [0.717, 1.165) is 6.33 Å². The molecule has 0 aromatic carbocycles. The number of aliphatic hydroxyl groups excluding tert-OH is 1. The first-order valence-electron chi connectivity index (χ1n) is 13.4. The van der Waals surface area contributed by atoms with Crippen molar-refractivity contribution in [2.75, 3.05) is 31.8 Å². The molecule has 0 aliphatic carbocycles. The number of aromatic amines is 2. The van der Waals surface area contributed by atoms with Gasteiger partial charge in [-0.1, -0.05) is 4.98 Å². The highest BCUT2D eigenvalue weighted by Gasteiger charge is 2.55. The Morgan fingerprint density at radius 2 is 1.78 bits per heavy atom. The number of hydrogen-bond acceptors (Lipinski definition) is 17. The molecule has 46 heavy (non-hydrogen) atoms. The summed E-state index contributed by atoms with van der Waals surface area (Å²) in [4.78, 5) is 55.2. The first-order valence-corrected chi connectivity index (χ1v) is 16.4. The van der Waals surface area contributed by atoms with Crippen LogP contribution in [0.5, 0.6) is 0 Å². The van der Waals surface area contributed by atoms with E-state index in [0.29, 0.717) is 0 Å². The van der Waals surface area contributed by atoms with Gasteiger partial charge in [0.1, 0.15) is 42.4 Å². The third-order valence-electron chi connectivity index (χ3n) is 7.63. The molecule has 3 fully saturated rings. The number of imidazole rings is 2. The minimum Gasteiger partial charge on any atom is -0.386 e. The number of nitrogens with zero attached hydrogens (tertiary/aromatic N) is 6. The highest BCUT2D eigenvalue weighted by atomic mass is 31.2. The van der Waals surface area contributed by atoms with Gasteiger partial charge in [0, 0.05) is 7.11 Å². The van der Waals surface area contributed by atoms with Crippen LogP contribution in [-0.4, -0.2) is 106 Å². The van der Waals surface area contributed by atoms with Crippen molar-refractivity contribution in [1.82, 2.24) is 34.5 Å². The van der Waals surface area contributed by atoms with Gasteiger partial charge in [0.05, 0.1) is 19.5 Å². The van der Waals surface area contributed by atoms with Gasteiger partial charge in [-0.2, -0.15) is 0 Å². The van der Waals surface area contributed by atoms with E-state index in [4.69, 9.17) is 43.8 Å². The number of nitrogens with two attached hydrogens (primary N) is 2. The molecule has 0 radical (unpaired) electrons. The van der Waals surface area contributed by atoms with Crippen molar-refractivity contribution >= 4 is 49.7 Å². The molecule has 4 aromatic rings. The number of fused-ring (bicyclic) bond motifs is 5. The standard InChI is InChI=1S/C21H26N10O13P2/c1-38-13-8-3-40-45(34,35)43-12-7(41-19(11(12)32)30-5-26-9-15(22)24-4-25-16(9)30)2-39-46(36,37)44-14(13)20(42-8)31-6-27-10-17(31)28-21(23)29-18(10)33/h4-8,11-14,19-20,32H,2-3H2,1H3,(H7,22,23,24,25,28,29,33,34,35,36,37)/p+1. The van der Waals surface area contributed by atoms with Gasteiger partial charge in [-0.25, -0.2) is 28.6 Å². The molecular formula is C21H27N10O13P2+. The van der Waals surface area contributed by atoms with Gasteiger partial charge in [0.2, 0.25) is 11.7 Å². The molecule has 248 valence electrons.